The summed E-state index contributed by atoms with van der Waals surface area (Å²) in [7, 11) is 0. The Bertz CT molecular complexity index is 1270. The van der Waals surface area contributed by atoms with E-state index in [1.54, 1.807) is 0 Å². The van der Waals surface area contributed by atoms with Crippen molar-refractivity contribution >= 4 is 29.4 Å². The highest BCUT2D eigenvalue weighted by Gasteiger charge is 2.40. The van der Waals surface area contributed by atoms with E-state index in [2.05, 4.69) is 34.8 Å². The molecule has 10 nitrogen and oxygen atoms in total. The summed E-state index contributed by atoms with van der Waals surface area (Å²) in [5, 5.41) is 7.37. The average molecular weight is 600 g/mol. The van der Waals surface area contributed by atoms with Crippen LogP contribution >= 0.6 is 11.6 Å². The molecule has 1 aromatic carbocycles. The maximum absolute atomic E-state index is 12.9. The summed E-state index contributed by atoms with van der Waals surface area (Å²) >= 11 is 6.14. The van der Waals surface area contributed by atoms with E-state index < -0.39 is 12.1 Å². The second-order valence-electron chi connectivity index (χ2n) is 11.2. The fourth-order valence-electron chi connectivity index (χ4n) is 5.26. The molecule has 1 spiro atoms. The van der Waals surface area contributed by atoms with Gasteiger partial charge in [-0.25, -0.2) is 14.8 Å². The van der Waals surface area contributed by atoms with Crippen LogP contribution in [0.4, 0.5) is 19.1 Å². The zero-order valence-corrected chi connectivity index (χ0v) is 23.6. The normalized spacial score (nSPS) is 19.7. The van der Waals surface area contributed by atoms with Crippen LogP contribution in [-0.4, -0.2) is 81.3 Å². The van der Waals surface area contributed by atoms with Crippen molar-refractivity contribution in [2.45, 2.75) is 57.9 Å². The van der Waals surface area contributed by atoms with Crippen LogP contribution in [0.25, 0.3) is 0 Å². The molecule has 3 N–H and O–H groups in total. The van der Waals surface area contributed by atoms with Crippen LogP contribution in [0.1, 0.15) is 55.6 Å². The number of para-hydroxylation sites is 1. The van der Waals surface area contributed by atoms with Crippen molar-refractivity contribution < 1.29 is 37.3 Å². The first-order chi connectivity index (χ1) is 19.2. The number of aliphatic carboxylic acids is 1. The van der Waals surface area contributed by atoms with Gasteiger partial charge in [-0.1, -0.05) is 23.7 Å². The Morgan fingerprint density at radius 1 is 1.12 bits per heavy atom. The average Bonchev–Trinajstić information content (AvgIpc) is 2.91. The van der Waals surface area contributed by atoms with Crippen molar-refractivity contribution in [2.24, 2.45) is 5.41 Å². The molecule has 1 aromatic heterocycles. The zero-order chi connectivity index (χ0) is 30.0. The van der Waals surface area contributed by atoms with Crippen LogP contribution in [0.2, 0.25) is 5.02 Å². The number of piperidine rings is 2. The van der Waals surface area contributed by atoms with Gasteiger partial charge in [0.1, 0.15) is 12.2 Å². The Labute approximate surface area is 240 Å². The van der Waals surface area contributed by atoms with Gasteiger partial charge in [-0.15, -0.1) is 0 Å². The van der Waals surface area contributed by atoms with Crippen LogP contribution in [-0.2, 0) is 11.3 Å². The van der Waals surface area contributed by atoms with Crippen molar-refractivity contribution in [3.8, 4) is 11.5 Å². The summed E-state index contributed by atoms with van der Waals surface area (Å²) in [5.41, 5.74) is 7.01. The molecular weight excluding hydrogens is 567 g/mol. The lowest BCUT2D eigenvalue weighted by atomic mass is 9.71. The predicted molar refractivity (Wildman–Crippen MR) is 144 cm³/mol. The van der Waals surface area contributed by atoms with Gasteiger partial charge >= 0.3 is 12.1 Å². The van der Waals surface area contributed by atoms with Crippen molar-refractivity contribution in [2.75, 3.05) is 38.5 Å². The maximum atomic E-state index is 12.9. The van der Waals surface area contributed by atoms with E-state index in [0.29, 0.717) is 25.1 Å². The molecule has 224 valence electrons. The molecule has 0 aliphatic carbocycles. The predicted octanol–water partition coefficient (Wildman–Crippen LogP) is 4.41. The van der Waals surface area contributed by atoms with Gasteiger partial charge in [0.25, 0.3) is 5.91 Å². The third-order valence-electron chi connectivity index (χ3n) is 7.64. The quantitative estimate of drug-likeness (QED) is 0.526. The zero-order valence-electron chi connectivity index (χ0n) is 22.8. The van der Waals surface area contributed by atoms with Crippen molar-refractivity contribution in [3.05, 3.63) is 40.7 Å². The fourth-order valence-corrected chi connectivity index (χ4v) is 5.44. The Kier molecular flexibility index (Phi) is 8.88. The molecule has 5 rings (SSSR count). The number of hydrogen-bond donors (Lipinski definition) is 2. The molecule has 1 amide bonds. The minimum absolute atomic E-state index is 0.0637. The number of hydrogen-bond acceptors (Lipinski definition) is 8. The number of aromatic nitrogens is 2. The number of anilines is 1. The topological polar surface area (TPSA) is 131 Å². The number of carbonyl (C=O) groups is 2. The van der Waals surface area contributed by atoms with E-state index in [-0.39, 0.29) is 28.2 Å². The molecule has 0 atom stereocenters. The number of nitrogens with zero attached hydrogens (tertiary/aromatic N) is 4. The first-order valence-corrected chi connectivity index (χ1v) is 13.6. The highest BCUT2D eigenvalue weighted by atomic mass is 35.5. The summed E-state index contributed by atoms with van der Waals surface area (Å²) in [4.78, 5) is 34.1. The maximum Gasteiger partial charge on any atom is 0.490 e. The molecule has 2 aromatic rings. The molecule has 4 heterocycles. The number of nitrogens with two attached hydrogens (primary N) is 1. The number of amides is 1. The van der Waals surface area contributed by atoms with Gasteiger partial charge in [-0.2, -0.15) is 13.2 Å². The van der Waals surface area contributed by atoms with Crippen molar-refractivity contribution in [1.29, 1.82) is 0 Å². The molecule has 3 aliphatic rings. The summed E-state index contributed by atoms with van der Waals surface area (Å²) in [6.07, 6.45) is 0.565. The summed E-state index contributed by atoms with van der Waals surface area (Å²) in [6.45, 7) is 9.04. The number of carbonyl (C=O) groups excluding carboxylic acids is 1. The fraction of sp³-hybridized carbons (Fsp3) is 0.556. The first kappa shape index (κ1) is 30.6. The molecule has 2 fully saturated rings. The second-order valence-corrected chi connectivity index (χ2v) is 11.6. The lowest BCUT2D eigenvalue weighted by Gasteiger charge is -2.47. The minimum atomic E-state index is -5.08. The van der Waals surface area contributed by atoms with Gasteiger partial charge in [0.05, 0.1) is 11.2 Å². The molecule has 41 heavy (non-hydrogen) atoms. The largest absolute Gasteiger partial charge is 0.490 e. The SMILES string of the molecule is CC1(C)COc2cccc(CN3CCC4(CC3)CCN(C(=O)c3nc(N)ncc3Cl)CC4)c2O1.O=C(O)C(F)(F)F. The van der Waals surface area contributed by atoms with Gasteiger partial charge in [-0.3, -0.25) is 9.69 Å². The number of rotatable bonds is 3. The van der Waals surface area contributed by atoms with E-state index in [1.807, 2.05) is 17.0 Å². The first-order valence-electron chi connectivity index (χ1n) is 13.2. The highest BCUT2D eigenvalue weighted by molar-refractivity contribution is 6.33. The van der Waals surface area contributed by atoms with E-state index in [4.69, 9.17) is 36.7 Å². The number of alkyl halides is 3. The second kappa shape index (κ2) is 11.9. The Hall–Kier alpha value is -3.32. The lowest BCUT2D eigenvalue weighted by Crippen LogP contribution is -2.48. The molecule has 0 radical (unpaired) electrons. The van der Waals surface area contributed by atoms with Gasteiger partial charge in [-0.05, 0) is 64.1 Å². The summed E-state index contributed by atoms with van der Waals surface area (Å²) < 4.78 is 43.9. The Morgan fingerprint density at radius 3 is 2.34 bits per heavy atom. The molecule has 2 saturated heterocycles. The van der Waals surface area contributed by atoms with Crippen LogP contribution in [0.5, 0.6) is 11.5 Å². The standard InChI is InChI=1S/C25H32ClN5O3.C2HF3O2/c1-24(2)16-33-19-5-3-4-17(21(19)34-24)15-30-10-6-25(7-11-30)8-12-31(13-9-25)22(32)20-18(26)14-28-23(27)29-20;3-2(4,5)1(6)7/h3-5,14H,6-13,15-16H2,1-2H3,(H2,27,28,29);(H,6,7). The number of nitrogen functional groups attached to an aromatic ring is 1. The molecule has 0 bridgehead atoms. The summed E-state index contributed by atoms with van der Waals surface area (Å²) in [5.74, 6) is -1.13. The molecule has 0 saturated carbocycles. The van der Waals surface area contributed by atoms with Crippen LogP contribution in [0.3, 0.4) is 0 Å². The molecular formula is C27H33ClF3N5O5. The minimum Gasteiger partial charge on any atom is -0.486 e. The van der Waals surface area contributed by atoms with E-state index in [9.17, 15) is 18.0 Å². The van der Waals surface area contributed by atoms with E-state index >= 15 is 0 Å². The number of halogens is 4. The molecule has 14 heteroatoms. The third kappa shape index (κ3) is 7.50. The Morgan fingerprint density at radius 2 is 1.73 bits per heavy atom. The third-order valence-corrected chi connectivity index (χ3v) is 7.92. The van der Waals surface area contributed by atoms with Crippen molar-refractivity contribution in [3.63, 3.8) is 0 Å². The molecule has 3 aliphatic heterocycles. The number of likely N-dealkylation sites (tertiary alicyclic amines) is 2. The monoisotopic (exact) mass is 599 g/mol. The summed E-state index contributed by atoms with van der Waals surface area (Å²) in [6, 6.07) is 6.17. The number of carboxylic acids is 1. The number of carboxylic acid groups (broad SMARTS) is 1. The van der Waals surface area contributed by atoms with Crippen molar-refractivity contribution in [1.82, 2.24) is 19.8 Å². The Balaban J connectivity index is 0.000000493. The van der Waals surface area contributed by atoms with Gasteiger partial charge in [0, 0.05) is 25.2 Å². The van der Waals surface area contributed by atoms with E-state index in [0.717, 1.165) is 56.8 Å². The number of ether oxygens (including phenoxy) is 2. The lowest BCUT2D eigenvalue weighted by molar-refractivity contribution is -0.192. The van der Waals surface area contributed by atoms with Gasteiger partial charge in [0.15, 0.2) is 17.2 Å². The van der Waals surface area contributed by atoms with E-state index in [1.165, 1.54) is 11.8 Å². The van der Waals surface area contributed by atoms with Gasteiger partial charge in [0.2, 0.25) is 5.95 Å². The van der Waals surface area contributed by atoms with Crippen LogP contribution in [0, 0.1) is 5.41 Å². The van der Waals surface area contributed by atoms with Gasteiger partial charge < -0.3 is 25.2 Å². The molecule has 0 unspecified atom stereocenters. The smallest absolute Gasteiger partial charge is 0.486 e. The highest BCUT2D eigenvalue weighted by Crippen LogP contribution is 2.43. The number of benzene rings is 1. The van der Waals surface area contributed by atoms with Crippen LogP contribution < -0.4 is 15.2 Å². The number of fused-ring (bicyclic) bond motifs is 1. The van der Waals surface area contributed by atoms with Crippen LogP contribution in [0.15, 0.2) is 24.4 Å².